The highest BCUT2D eigenvalue weighted by Gasteiger charge is 2.40. The number of methoxy groups -OCH3 is 1. The van der Waals surface area contributed by atoms with Gasteiger partial charge in [-0.05, 0) is 78.3 Å². The minimum atomic E-state index is -0.772. The van der Waals surface area contributed by atoms with Crippen LogP contribution in [-0.2, 0) is 25.5 Å². The van der Waals surface area contributed by atoms with Crippen molar-refractivity contribution in [2.75, 3.05) is 33.3 Å². The Kier molecular flexibility index (Phi) is 10.4. The highest BCUT2D eigenvalue weighted by atomic mass is 16.6. The quantitative estimate of drug-likeness (QED) is 0.141. The summed E-state index contributed by atoms with van der Waals surface area (Å²) < 4.78 is 18.1. The topological polar surface area (TPSA) is 85.9 Å². The summed E-state index contributed by atoms with van der Waals surface area (Å²) in [6.45, 7) is 5.15. The molecule has 2 heterocycles. The lowest BCUT2D eigenvalue weighted by molar-refractivity contribution is -0.157. The molecule has 2 fully saturated rings. The van der Waals surface area contributed by atoms with E-state index in [0.29, 0.717) is 31.2 Å². The molecule has 0 radical (unpaired) electrons. The van der Waals surface area contributed by atoms with Gasteiger partial charge in [0.2, 0.25) is 0 Å². The van der Waals surface area contributed by atoms with Crippen LogP contribution in [0.1, 0.15) is 76.7 Å². The second kappa shape index (κ2) is 15.0. The molecule has 2 saturated heterocycles. The minimum Gasteiger partial charge on any atom is -0.497 e. The third-order valence-electron chi connectivity index (χ3n) is 9.77. The maximum absolute atomic E-state index is 14.0. The molecule has 1 unspecified atom stereocenters. The van der Waals surface area contributed by atoms with Crippen LogP contribution < -0.4 is 15.4 Å². The molecular formula is C41H44N2O5. The number of nitrogens with one attached hydrogen (secondary N) is 2. The Morgan fingerprint density at radius 2 is 1.33 bits per heavy atom. The normalized spacial score (nSPS) is 17.7. The summed E-state index contributed by atoms with van der Waals surface area (Å²) in [6, 6.07) is 33.6. The molecule has 0 bridgehead atoms. The van der Waals surface area contributed by atoms with Gasteiger partial charge in [0.25, 0.3) is 0 Å². The van der Waals surface area contributed by atoms with Crippen molar-refractivity contribution in [2.45, 2.75) is 49.7 Å². The van der Waals surface area contributed by atoms with Crippen LogP contribution in [0.4, 0.5) is 0 Å². The Morgan fingerprint density at radius 3 is 2.04 bits per heavy atom. The maximum Gasteiger partial charge on any atom is 0.339 e. The molecular weight excluding hydrogens is 600 g/mol. The highest BCUT2D eigenvalue weighted by Crippen LogP contribution is 2.39. The number of carbonyl (C=O) groups is 2. The van der Waals surface area contributed by atoms with Crippen LogP contribution in [0.25, 0.3) is 6.08 Å². The van der Waals surface area contributed by atoms with Gasteiger partial charge in [-0.1, -0.05) is 91.9 Å². The molecule has 6 rings (SSSR count). The van der Waals surface area contributed by atoms with Gasteiger partial charge in [-0.25, -0.2) is 9.59 Å². The highest BCUT2D eigenvalue weighted by molar-refractivity contribution is 5.92. The maximum atomic E-state index is 14.0. The zero-order chi connectivity index (χ0) is 33.4. The molecule has 0 saturated carbocycles. The predicted molar refractivity (Wildman–Crippen MR) is 188 cm³/mol. The first kappa shape index (κ1) is 33.2. The van der Waals surface area contributed by atoms with E-state index in [9.17, 15) is 9.59 Å². The predicted octanol–water partition coefficient (Wildman–Crippen LogP) is 7.12. The zero-order valence-corrected chi connectivity index (χ0v) is 27.7. The molecule has 48 heavy (non-hydrogen) atoms. The summed E-state index contributed by atoms with van der Waals surface area (Å²) in [6.07, 6.45) is 5.98. The minimum absolute atomic E-state index is 0.114. The van der Waals surface area contributed by atoms with E-state index in [1.165, 1.54) is 6.08 Å². The first-order valence-electron chi connectivity index (χ1n) is 16.9. The second-order valence-corrected chi connectivity index (χ2v) is 12.7. The summed E-state index contributed by atoms with van der Waals surface area (Å²) in [5.41, 5.74) is 3.89. The van der Waals surface area contributed by atoms with E-state index in [2.05, 4.69) is 41.8 Å². The fourth-order valence-corrected chi connectivity index (χ4v) is 7.00. The number of piperidine rings is 2. The number of rotatable bonds is 10. The molecule has 0 amide bonds. The first-order valence-corrected chi connectivity index (χ1v) is 16.9. The summed E-state index contributed by atoms with van der Waals surface area (Å²) >= 11 is 0. The fourth-order valence-electron chi connectivity index (χ4n) is 7.00. The Morgan fingerprint density at radius 1 is 0.708 bits per heavy atom. The summed E-state index contributed by atoms with van der Waals surface area (Å²) in [4.78, 5) is 27.3. The van der Waals surface area contributed by atoms with Crippen LogP contribution in [0.15, 0.2) is 109 Å². The van der Waals surface area contributed by atoms with E-state index in [0.717, 1.165) is 59.7 Å². The van der Waals surface area contributed by atoms with Crippen LogP contribution in [0.5, 0.6) is 5.75 Å². The molecule has 248 valence electrons. The Bertz CT molecular complexity index is 1740. The van der Waals surface area contributed by atoms with Crippen LogP contribution in [0.3, 0.4) is 0 Å². The molecule has 2 aliphatic heterocycles. The van der Waals surface area contributed by atoms with Crippen molar-refractivity contribution in [1.29, 1.82) is 0 Å². The number of hydrogen-bond acceptors (Lipinski definition) is 7. The van der Waals surface area contributed by atoms with Crippen molar-refractivity contribution >= 4 is 18.0 Å². The SMILES string of the molecule is COc1cccc(/C=C/C(=O)OC2(c3cccc(C(C)c4ccccc4C(=O)OC4(c5ccccc5)CCNCC4)c3)CCNCC2)c1. The van der Waals surface area contributed by atoms with Gasteiger partial charge in [-0.3, -0.25) is 0 Å². The van der Waals surface area contributed by atoms with Crippen LogP contribution in [0.2, 0.25) is 0 Å². The van der Waals surface area contributed by atoms with E-state index in [1.807, 2.05) is 78.9 Å². The van der Waals surface area contributed by atoms with Crippen LogP contribution in [-0.4, -0.2) is 45.2 Å². The van der Waals surface area contributed by atoms with Gasteiger partial charge in [-0.15, -0.1) is 0 Å². The van der Waals surface area contributed by atoms with Crippen LogP contribution >= 0.6 is 0 Å². The summed E-state index contributed by atoms with van der Waals surface area (Å²) in [7, 11) is 1.62. The Balaban J connectivity index is 1.25. The third kappa shape index (κ3) is 7.38. The number of carbonyl (C=O) groups excluding carboxylic acids is 2. The molecule has 4 aromatic rings. The molecule has 4 aromatic carbocycles. The smallest absolute Gasteiger partial charge is 0.339 e. The zero-order valence-electron chi connectivity index (χ0n) is 27.7. The van der Waals surface area contributed by atoms with Gasteiger partial charge in [-0.2, -0.15) is 0 Å². The molecule has 7 heteroatoms. The monoisotopic (exact) mass is 644 g/mol. The van der Waals surface area contributed by atoms with Gasteiger partial charge in [0, 0.05) is 37.7 Å². The molecule has 1 atom stereocenters. The lowest BCUT2D eigenvalue weighted by atomic mass is 9.81. The van der Waals surface area contributed by atoms with E-state index in [4.69, 9.17) is 14.2 Å². The van der Waals surface area contributed by atoms with Gasteiger partial charge in [0.15, 0.2) is 0 Å². The average Bonchev–Trinajstić information content (AvgIpc) is 3.15. The summed E-state index contributed by atoms with van der Waals surface area (Å²) in [5, 5.41) is 6.81. The number of hydrogen-bond donors (Lipinski definition) is 2. The fraction of sp³-hybridized carbons (Fsp3) is 0.317. The lowest BCUT2D eigenvalue weighted by Gasteiger charge is -2.38. The second-order valence-electron chi connectivity index (χ2n) is 12.7. The number of benzene rings is 4. The lowest BCUT2D eigenvalue weighted by Crippen LogP contribution is -2.43. The van der Waals surface area contributed by atoms with Crippen LogP contribution in [0, 0.1) is 0 Å². The Hall–Kier alpha value is -4.72. The van der Waals surface area contributed by atoms with Gasteiger partial charge in [0.05, 0.1) is 12.7 Å². The first-order chi connectivity index (χ1) is 23.4. The van der Waals surface area contributed by atoms with Gasteiger partial charge in [0.1, 0.15) is 17.0 Å². The van der Waals surface area contributed by atoms with Crippen molar-refractivity contribution in [3.8, 4) is 5.75 Å². The number of esters is 2. The summed E-state index contributed by atoms with van der Waals surface area (Å²) in [5.74, 6) is -0.0950. The van der Waals surface area contributed by atoms with E-state index in [1.54, 1.807) is 13.2 Å². The van der Waals surface area contributed by atoms with Gasteiger partial charge >= 0.3 is 11.9 Å². The third-order valence-corrected chi connectivity index (χ3v) is 9.77. The average molecular weight is 645 g/mol. The molecule has 7 nitrogen and oxygen atoms in total. The standard InChI is InChI=1S/C41H44N2O5/c1-30(36-16-6-7-17-37(36)39(45)48-40(20-24-42-25-21-40)33-12-4-3-5-13-33)32-11-9-14-34(29-32)41(22-26-43-27-23-41)47-38(44)19-18-31-10-8-15-35(28-31)46-2/h3-19,28-30,42-43H,20-27H2,1-2H3/b19-18+. The largest absolute Gasteiger partial charge is 0.497 e. The van der Waals surface area contributed by atoms with E-state index < -0.39 is 17.2 Å². The van der Waals surface area contributed by atoms with Crippen molar-refractivity contribution in [3.05, 3.63) is 143 Å². The van der Waals surface area contributed by atoms with E-state index in [-0.39, 0.29) is 11.9 Å². The molecule has 0 aromatic heterocycles. The van der Waals surface area contributed by atoms with Crippen molar-refractivity contribution in [1.82, 2.24) is 10.6 Å². The van der Waals surface area contributed by atoms with E-state index >= 15 is 0 Å². The molecule has 2 aliphatic rings. The molecule has 0 aliphatic carbocycles. The molecule has 0 spiro atoms. The van der Waals surface area contributed by atoms with Gasteiger partial charge < -0.3 is 24.8 Å². The van der Waals surface area contributed by atoms with Crippen molar-refractivity contribution in [2.24, 2.45) is 0 Å². The number of ether oxygens (including phenoxy) is 3. The molecule has 2 N–H and O–H groups in total. The van der Waals surface area contributed by atoms with Crippen molar-refractivity contribution in [3.63, 3.8) is 0 Å². The van der Waals surface area contributed by atoms with Crippen molar-refractivity contribution < 1.29 is 23.8 Å². The Labute approximate surface area is 283 Å².